The molecule has 0 spiro atoms. The number of carbonyl (C=O) groups is 4. The van der Waals surface area contributed by atoms with E-state index in [-0.39, 0.29) is 19.3 Å². The highest BCUT2D eigenvalue weighted by Crippen LogP contribution is 2.19. The summed E-state index contributed by atoms with van der Waals surface area (Å²) in [5.74, 6) is -1.14. The molecule has 2 aromatic rings. The fourth-order valence-electron chi connectivity index (χ4n) is 2.69. The van der Waals surface area contributed by atoms with Crippen molar-refractivity contribution in [1.29, 1.82) is 0 Å². The van der Waals surface area contributed by atoms with Crippen LogP contribution in [0, 0.1) is 0 Å². The van der Waals surface area contributed by atoms with E-state index >= 15 is 0 Å². The van der Waals surface area contributed by atoms with Crippen LogP contribution in [0.25, 0.3) is 10.9 Å². The van der Waals surface area contributed by atoms with E-state index < -0.39 is 29.3 Å². The third kappa shape index (κ3) is 5.66. The van der Waals surface area contributed by atoms with E-state index in [0.29, 0.717) is 12.6 Å². The fraction of sp³-hybridized carbons (Fsp3) is 0.333. The number of aldehydes is 2. The molecule has 0 aliphatic carbocycles. The number of aromatic amines is 1. The first-order chi connectivity index (χ1) is 13.0. The average Bonchev–Trinajstić information content (AvgIpc) is 3.07. The number of para-hydroxylation sites is 1. The van der Waals surface area contributed by atoms with Crippen LogP contribution in [0.5, 0.6) is 0 Å². The van der Waals surface area contributed by atoms with Crippen molar-refractivity contribution < 1.29 is 19.2 Å². The number of amides is 2. The molecule has 0 saturated carbocycles. The Kier molecular flexibility index (Phi) is 7.56. The van der Waals surface area contributed by atoms with Crippen LogP contribution in [-0.2, 0) is 25.6 Å². The number of hydrogen-bond donors (Lipinski definition) is 5. The molecular weight excluding hydrogens is 368 g/mol. The van der Waals surface area contributed by atoms with Crippen LogP contribution in [0.3, 0.4) is 0 Å². The van der Waals surface area contributed by atoms with Gasteiger partial charge in [-0.3, -0.25) is 9.59 Å². The Hall–Kier alpha value is -2.65. The van der Waals surface area contributed by atoms with Crippen molar-refractivity contribution in [1.82, 2.24) is 15.6 Å². The van der Waals surface area contributed by atoms with Crippen molar-refractivity contribution in [2.24, 2.45) is 5.73 Å². The van der Waals surface area contributed by atoms with Gasteiger partial charge in [0.15, 0.2) is 0 Å². The van der Waals surface area contributed by atoms with E-state index in [1.807, 2.05) is 24.3 Å². The molecule has 1 aromatic carbocycles. The predicted octanol–water partition coefficient (Wildman–Crippen LogP) is 0.0726. The van der Waals surface area contributed by atoms with Crippen LogP contribution in [-0.4, -0.2) is 46.8 Å². The second kappa shape index (κ2) is 9.89. The molecule has 0 fully saturated rings. The predicted molar refractivity (Wildman–Crippen MR) is 104 cm³/mol. The fourth-order valence-corrected chi connectivity index (χ4v) is 2.77. The van der Waals surface area contributed by atoms with Crippen molar-refractivity contribution in [3.8, 4) is 0 Å². The van der Waals surface area contributed by atoms with Crippen LogP contribution < -0.4 is 16.4 Å². The Morgan fingerprint density at radius 2 is 1.93 bits per heavy atom. The lowest BCUT2D eigenvalue weighted by molar-refractivity contribution is -0.130. The van der Waals surface area contributed by atoms with Gasteiger partial charge in [-0.15, -0.1) is 0 Å². The molecule has 3 atom stereocenters. The molecule has 0 radical (unpaired) electrons. The summed E-state index contributed by atoms with van der Waals surface area (Å²) in [6.07, 6.45) is 3.54. The maximum atomic E-state index is 12.6. The number of thiol groups is 1. The number of aromatic nitrogens is 1. The second-order valence-corrected chi connectivity index (χ2v) is 6.62. The van der Waals surface area contributed by atoms with Gasteiger partial charge < -0.3 is 30.9 Å². The van der Waals surface area contributed by atoms with E-state index in [1.165, 1.54) is 0 Å². The Bertz CT molecular complexity index is 821. The normalized spacial score (nSPS) is 14.1. The van der Waals surface area contributed by atoms with Gasteiger partial charge in [0.25, 0.3) is 0 Å². The average molecular weight is 390 g/mol. The number of nitrogens with one attached hydrogen (secondary N) is 3. The molecule has 0 bridgehead atoms. The molecule has 2 rings (SSSR count). The largest absolute Gasteiger partial charge is 0.361 e. The third-order valence-corrected chi connectivity index (χ3v) is 4.32. The van der Waals surface area contributed by atoms with Crippen LogP contribution >= 0.6 is 12.6 Å². The van der Waals surface area contributed by atoms with Crippen molar-refractivity contribution in [3.05, 3.63) is 36.0 Å². The zero-order chi connectivity index (χ0) is 19.8. The Morgan fingerprint density at radius 3 is 2.59 bits per heavy atom. The van der Waals surface area contributed by atoms with Gasteiger partial charge >= 0.3 is 0 Å². The van der Waals surface area contributed by atoms with Gasteiger partial charge in [-0.05, 0) is 18.1 Å². The maximum Gasteiger partial charge on any atom is 0.247 e. The first-order valence-electron chi connectivity index (χ1n) is 8.44. The summed E-state index contributed by atoms with van der Waals surface area (Å²) in [4.78, 5) is 49.3. The number of nitrogens with two attached hydrogens (primary N) is 1. The van der Waals surface area contributed by atoms with Gasteiger partial charge in [-0.1, -0.05) is 18.2 Å². The maximum absolute atomic E-state index is 12.6. The summed E-state index contributed by atoms with van der Waals surface area (Å²) >= 11 is 3.88. The van der Waals surface area contributed by atoms with Crippen LogP contribution in [0.4, 0.5) is 0 Å². The minimum absolute atomic E-state index is 0.144. The molecule has 27 heavy (non-hydrogen) atoms. The Labute approximate surface area is 161 Å². The molecule has 9 heteroatoms. The molecule has 1 heterocycles. The van der Waals surface area contributed by atoms with E-state index in [0.717, 1.165) is 16.5 Å². The zero-order valence-electron chi connectivity index (χ0n) is 14.6. The van der Waals surface area contributed by atoms with Crippen LogP contribution in [0.1, 0.15) is 18.4 Å². The molecule has 0 unspecified atom stereocenters. The highest BCUT2D eigenvalue weighted by molar-refractivity contribution is 7.81. The molecular formula is C18H22N4O4S. The van der Waals surface area contributed by atoms with Gasteiger partial charge in [0, 0.05) is 29.9 Å². The highest BCUT2D eigenvalue weighted by Gasteiger charge is 2.25. The highest BCUT2D eigenvalue weighted by atomic mass is 32.1. The number of carbonyl (C=O) groups excluding carboxylic acids is 4. The number of hydrogen-bond acceptors (Lipinski definition) is 6. The molecule has 0 aliphatic heterocycles. The minimum atomic E-state index is -1.08. The van der Waals surface area contributed by atoms with E-state index in [2.05, 4.69) is 28.2 Å². The number of fused-ring (bicyclic) bond motifs is 1. The Balaban J connectivity index is 2.19. The topological polar surface area (TPSA) is 134 Å². The summed E-state index contributed by atoms with van der Waals surface area (Å²) < 4.78 is 0. The second-order valence-electron chi connectivity index (χ2n) is 6.06. The molecule has 2 amide bonds. The van der Waals surface area contributed by atoms with Gasteiger partial charge in [-0.2, -0.15) is 12.6 Å². The SMILES string of the molecule is N[C@H](S)C(=O)N[C@H](Cc1c[nH]c2ccccc12)C(=O)N[C@@H](C=O)CCC=O. The molecule has 8 nitrogen and oxygen atoms in total. The van der Waals surface area contributed by atoms with Crippen molar-refractivity contribution >= 4 is 47.9 Å². The van der Waals surface area contributed by atoms with Crippen LogP contribution in [0.2, 0.25) is 0 Å². The smallest absolute Gasteiger partial charge is 0.247 e. The summed E-state index contributed by atoms with van der Waals surface area (Å²) in [6, 6.07) is 5.80. The summed E-state index contributed by atoms with van der Waals surface area (Å²) in [5, 5.41) is 4.94. The number of H-pyrrole nitrogens is 1. The molecule has 1 aromatic heterocycles. The van der Waals surface area contributed by atoms with E-state index in [1.54, 1.807) is 6.20 Å². The van der Waals surface area contributed by atoms with Gasteiger partial charge in [0.05, 0.1) is 6.04 Å². The quantitative estimate of drug-likeness (QED) is 0.222. The van der Waals surface area contributed by atoms with Gasteiger partial charge in [0.1, 0.15) is 24.0 Å². The van der Waals surface area contributed by atoms with Gasteiger partial charge in [-0.25, -0.2) is 0 Å². The summed E-state index contributed by atoms with van der Waals surface area (Å²) in [6.45, 7) is 0. The molecule has 5 N–H and O–H groups in total. The minimum Gasteiger partial charge on any atom is -0.361 e. The lowest BCUT2D eigenvalue weighted by Gasteiger charge is -2.21. The monoisotopic (exact) mass is 390 g/mol. The lowest BCUT2D eigenvalue weighted by Crippen LogP contribution is -2.53. The van der Waals surface area contributed by atoms with Crippen molar-refractivity contribution in [2.75, 3.05) is 0 Å². The zero-order valence-corrected chi connectivity index (χ0v) is 15.4. The van der Waals surface area contributed by atoms with Crippen LogP contribution in [0.15, 0.2) is 30.5 Å². The standard InChI is InChI=1S/C18H22N4O4S/c19-16(27)18(26)22-15(17(25)21-12(10-24)4-3-7-23)8-11-9-20-14-6-2-1-5-13(11)14/h1-2,5-7,9-10,12,15-16,20,27H,3-4,8,19H2,(H,21,25)(H,22,26)/t12-,15-,16-/m1/s1. The van der Waals surface area contributed by atoms with Gasteiger partial charge in [0.2, 0.25) is 11.8 Å². The van der Waals surface area contributed by atoms with E-state index in [4.69, 9.17) is 5.73 Å². The lowest BCUT2D eigenvalue weighted by atomic mass is 10.0. The molecule has 0 saturated heterocycles. The summed E-state index contributed by atoms with van der Waals surface area (Å²) in [5.41, 5.74) is 7.19. The molecule has 144 valence electrons. The van der Waals surface area contributed by atoms with E-state index in [9.17, 15) is 19.2 Å². The van der Waals surface area contributed by atoms with Crippen molar-refractivity contribution in [2.45, 2.75) is 36.7 Å². The first kappa shape index (κ1) is 20.7. The number of rotatable bonds is 10. The van der Waals surface area contributed by atoms with Crippen molar-refractivity contribution in [3.63, 3.8) is 0 Å². The summed E-state index contributed by atoms with van der Waals surface area (Å²) in [7, 11) is 0. The number of benzene rings is 1. The Morgan fingerprint density at radius 1 is 1.19 bits per heavy atom. The first-order valence-corrected chi connectivity index (χ1v) is 8.96. The molecule has 0 aliphatic rings. The third-order valence-electron chi connectivity index (χ3n) is 4.09.